The molecular formula is C10H20O2. The van der Waals surface area contributed by atoms with Crippen LogP contribution in [-0.2, 0) is 0 Å². The molecule has 2 heteroatoms. The number of hydrogen-bond acceptors (Lipinski definition) is 2. The number of rotatable bonds is 4. The van der Waals surface area contributed by atoms with E-state index < -0.39 is 12.2 Å². The van der Waals surface area contributed by atoms with Crippen LogP contribution in [0.5, 0.6) is 0 Å². The van der Waals surface area contributed by atoms with E-state index in [0.29, 0.717) is 5.57 Å². The highest BCUT2D eigenvalue weighted by atomic mass is 16.3. The summed E-state index contributed by atoms with van der Waals surface area (Å²) in [6.07, 6.45) is -1.06. The summed E-state index contributed by atoms with van der Waals surface area (Å²) in [5, 5.41) is 19.2. The van der Waals surface area contributed by atoms with Crippen LogP contribution >= 0.6 is 0 Å². The van der Waals surface area contributed by atoms with Gasteiger partial charge in [-0.15, -0.1) is 0 Å². The van der Waals surface area contributed by atoms with E-state index in [-0.39, 0.29) is 11.8 Å². The molecule has 0 heterocycles. The van der Waals surface area contributed by atoms with Gasteiger partial charge in [0.05, 0.1) is 12.2 Å². The number of hydrogen-bond donors (Lipinski definition) is 2. The van der Waals surface area contributed by atoms with Crippen LogP contribution < -0.4 is 0 Å². The summed E-state index contributed by atoms with van der Waals surface area (Å²) in [5.74, 6) is 0.0384. The highest BCUT2D eigenvalue weighted by Gasteiger charge is 2.24. The zero-order valence-corrected chi connectivity index (χ0v) is 8.41. The van der Waals surface area contributed by atoms with Crippen molar-refractivity contribution in [1.29, 1.82) is 0 Å². The molecule has 0 bridgehead atoms. The average molecular weight is 172 g/mol. The van der Waals surface area contributed by atoms with Gasteiger partial charge in [-0.3, -0.25) is 0 Å². The Labute approximate surface area is 74.9 Å². The summed E-state index contributed by atoms with van der Waals surface area (Å²) in [6, 6.07) is 0. The van der Waals surface area contributed by atoms with Crippen molar-refractivity contribution in [2.75, 3.05) is 0 Å². The highest BCUT2D eigenvalue weighted by Crippen LogP contribution is 2.19. The molecule has 2 nitrogen and oxygen atoms in total. The van der Waals surface area contributed by atoms with E-state index in [1.54, 1.807) is 6.92 Å². The third-order valence-corrected chi connectivity index (χ3v) is 2.22. The Balaban J connectivity index is 4.18. The summed E-state index contributed by atoms with van der Waals surface area (Å²) >= 11 is 0. The van der Waals surface area contributed by atoms with Gasteiger partial charge < -0.3 is 10.2 Å². The zero-order chi connectivity index (χ0) is 9.89. The minimum atomic E-state index is -0.595. The molecule has 0 amide bonds. The van der Waals surface area contributed by atoms with Gasteiger partial charge in [0.25, 0.3) is 0 Å². The summed E-state index contributed by atoms with van der Waals surface area (Å²) in [7, 11) is 0. The average Bonchev–Trinajstić information content (AvgIpc) is 2.00. The molecule has 0 aliphatic carbocycles. The molecule has 3 atom stereocenters. The fraction of sp³-hybridized carbons (Fsp3) is 0.800. The summed E-state index contributed by atoms with van der Waals surface area (Å²) in [4.78, 5) is 0. The van der Waals surface area contributed by atoms with Crippen molar-refractivity contribution in [2.45, 2.75) is 39.9 Å². The molecule has 0 unspecified atom stereocenters. The lowest BCUT2D eigenvalue weighted by atomic mass is 9.88. The smallest absolute Gasteiger partial charge is 0.0795 e. The Morgan fingerprint density at radius 1 is 1.17 bits per heavy atom. The van der Waals surface area contributed by atoms with Crippen LogP contribution in [0.4, 0.5) is 0 Å². The minimum Gasteiger partial charge on any atom is -0.392 e. The molecule has 2 N–H and O–H groups in total. The number of aliphatic hydroxyl groups is 2. The largest absolute Gasteiger partial charge is 0.392 e. The molecule has 0 saturated heterocycles. The van der Waals surface area contributed by atoms with E-state index in [0.717, 1.165) is 0 Å². The quantitative estimate of drug-likeness (QED) is 0.632. The third kappa shape index (κ3) is 2.95. The van der Waals surface area contributed by atoms with Gasteiger partial charge in [0.15, 0.2) is 0 Å². The van der Waals surface area contributed by atoms with Crippen LogP contribution in [0.3, 0.4) is 0 Å². The Morgan fingerprint density at radius 3 is 1.83 bits per heavy atom. The topological polar surface area (TPSA) is 40.5 Å². The van der Waals surface area contributed by atoms with Gasteiger partial charge in [-0.2, -0.15) is 0 Å². The first kappa shape index (κ1) is 11.7. The van der Waals surface area contributed by atoms with Crippen LogP contribution in [0, 0.1) is 11.8 Å². The summed E-state index contributed by atoms with van der Waals surface area (Å²) in [6.45, 7) is 11.1. The Hall–Kier alpha value is -0.340. The molecule has 0 aliphatic rings. The van der Waals surface area contributed by atoms with Crippen molar-refractivity contribution in [2.24, 2.45) is 11.8 Å². The Kier molecular flexibility index (Phi) is 4.50. The van der Waals surface area contributed by atoms with Crippen LogP contribution in [0.1, 0.15) is 27.7 Å². The van der Waals surface area contributed by atoms with Crippen molar-refractivity contribution in [3.63, 3.8) is 0 Å². The van der Waals surface area contributed by atoms with Crippen LogP contribution in [0.2, 0.25) is 0 Å². The maximum Gasteiger partial charge on any atom is 0.0795 e. The SMILES string of the molecule is C=C(C)[C@@H](O)[C@@H](C)[C@@H](O)C(C)C. The zero-order valence-electron chi connectivity index (χ0n) is 8.41. The fourth-order valence-electron chi connectivity index (χ4n) is 1.24. The monoisotopic (exact) mass is 172 g/mol. The Morgan fingerprint density at radius 2 is 1.58 bits per heavy atom. The first-order valence-electron chi connectivity index (χ1n) is 4.39. The second-order valence-corrected chi connectivity index (χ2v) is 3.88. The molecule has 0 radical (unpaired) electrons. The fourth-order valence-corrected chi connectivity index (χ4v) is 1.24. The third-order valence-electron chi connectivity index (χ3n) is 2.22. The molecule has 0 rings (SSSR count). The van der Waals surface area contributed by atoms with Gasteiger partial charge in [0.1, 0.15) is 0 Å². The van der Waals surface area contributed by atoms with E-state index >= 15 is 0 Å². The highest BCUT2D eigenvalue weighted by molar-refractivity contribution is 5.00. The minimum absolute atomic E-state index is 0.137. The predicted molar refractivity (Wildman–Crippen MR) is 50.8 cm³/mol. The number of aliphatic hydroxyl groups excluding tert-OH is 2. The molecule has 72 valence electrons. The maximum atomic E-state index is 9.61. The summed E-state index contributed by atoms with van der Waals surface area (Å²) < 4.78 is 0. The predicted octanol–water partition coefficient (Wildman–Crippen LogP) is 1.58. The van der Waals surface area contributed by atoms with Crippen molar-refractivity contribution < 1.29 is 10.2 Å². The molecule has 0 aromatic carbocycles. The van der Waals surface area contributed by atoms with Crippen molar-refractivity contribution in [3.8, 4) is 0 Å². The van der Waals surface area contributed by atoms with Gasteiger partial charge in [-0.25, -0.2) is 0 Å². The van der Waals surface area contributed by atoms with Crippen LogP contribution in [0.15, 0.2) is 12.2 Å². The van der Waals surface area contributed by atoms with E-state index in [2.05, 4.69) is 6.58 Å². The van der Waals surface area contributed by atoms with Crippen molar-refractivity contribution in [1.82, 2.24) is 0 Å². The second-order valence-electron chi connectivity index (χ2n) is 3.88. The van der Waals surface area contributed by atoms with Gasteiger partial charge in [0, 0.05) is 5.92 Å². The first-order valence-corrected chi connectivity index (χ1v) is 4.39. The molecule has 0 spiro atoms. The molecule has 0 fully saturated rings. The molecule has 12 heavy (non-hydrogen) atoms. The van der Waals surface area contributed by atoms with Crippen molar-refractivity contribution in [3.05, 3.63) is 12.2 Å². The second kappa shape index (κ2) is 4.63. The van der Waals surface area contributed by atoms with Gasteiger partial charge >= 0.3 is 0 Å². The van der Waals surface area contributed by atoms with Gasteiger partial charge in [0.2, 0.25) is 0 Å². The van der Waals surface area contributed by atoms with Crippen LogP contribution in [0.25, 0.3) is 0 Å². The van der Waals surface area contributed by atoms with Gasteiger partial charge in [-0.05, 0) is 12.8 Å². The maximum absolute atomic E-state index is 9.61. The molecule has 0 saturated carbocycles. The molecule has 0 aromatic heterocycles. The first-order chi connectivity index (χ1) is 5.37. The van der Waals surface area contributed by atoms with Crippen molar-refractivity contribution >= 4 is 0 Å². The molecular weight excluding hydrogens is 152 g/mol. The van der Waals surface area contributed by atoms with E-state index in [4.69, 9.17) is 0 Å². The lowest BCUT2D eigenvalue weighted by Crippen LogP contribution is -2.33. The van der Waals surface area contributed by atoms with E-state index in [1.807, 2.05) is 20.8 Å². The summed E-state index contributed by atoms with van der Waals surface area (Å²) in [5.41, 5.74) is 0.710. The normalized spacial score (nSPS) is 18.9. The molecule has 0 aromatic rings. The standard InChI is InChI=1S/C10H20O2/c1-6(2)9(11)8(5)10(12)7(3)4/h7-12H,1H2,2-5H3/t8-,9-,10+/m1/s1. The van der Waals surface area contributed by atoms with E-state index in [9.17, 15) is 10.2 Å². The Bertz CT molecular complexity index is 152. The lowest BCUT2D eigenvalue weighted by molar-refractivity contribution is 0.0129. The molecule has 0 aliphatic heterocycles. The lowest BCUT2D eigenvalue weighted by Gasteiger charge is -2.26. The van der Waals surface area contributed by atoms with Gasteiger partial charge in [-0.1, -0.05) is 32.9 Å². The van der Waals surface area contributed by atoms with E-state index in [1.165, 1.54) is 0 Å². The van der Waals surface area contributed by atoms with Crippen LogP contribution in [-0.4, -0.2) is 22.4 Å².